The molecule has 12 heavy (non-hydrogen) atoms. The summed E-state index contributed by atoms with van der Waals surface area (Å²) < 4.78 is 0. The molecule has 0 heterocycles. The van der Waals surface area contributed by atoms with Crippen LogP contribution in [0.25, 0.3) is 0 Å². The number of hydrogen-bond acceptors (Lipinski definition) is 2. The van der Waals surface area contributed by atoms with Crippen LogP contribution in [0, 0.1) is 18.3 Å². The number of rotatable bonds is 1. The van der Waals surface area contributed by atoms with Gasteiger partial charge in [-0.1, -0.05) is 12.1 Å². The van der Waals surface area contributed by atoms with E-state index >= 15 is 0 Å². The summed E-state index contributed by atoms with van der Waals surface area (Å²) in [6.45, 7) is 3.85. The quantitative estimate of drug-likeness (QED) is 0.682. The lowest BCUT2D eigenvalue weighted by atomic mass is 10.0. The molecule has 0 aliphatic carbocycles. The molecule has 1 rings (SSSR count). The number of nitrogens with two attached hydrogens (primary N) is 1. The van der Waals surface area contributed by atoms with Gasteiger partial charge in [0.1, 0.15) is 0 Å². The Hall–Kier alpha value is -1.33. The summed E-state index contributed by atoms with van der Waals surface area (Å²) in [5.41, 5.74) is 8.48. The second kappa shape index (κ2) is 3.38. The van der Waals surface area contributed by atoms with E-state index in [1.807, 2.05) is 32.0 Å². The van der Waals surface area contributed by atoms with Gasteiger partial charge in [-0.15, -0.1) is 0 Å². The fourth-order valence-electron chi connectivity index (χ4n) is 1.10. The van der Waals surface area contributed by atoms with Gasteiger partial charge in [0.2, 0.25) is 0 Å². The molecular formula is C10H12N2. The van der Waals surface area contributed by atoms with E-state index in [2.05, 4.69) is 6.07 Å². The predicted molar refractivity (Wildman–Crippen MR) is 48.5 cm³/mol. The van der Waals surface area contributed by atoms with Gasteiger partial charge in [-0.25, -0.2) is 0 Å². The topological polar surface area (TPSA) is 49.8 Å². The van der Waals surface area contributed by atoms with Gasteiger partial charge >= 0.3 is 0 Å². The van der Waals surface area contributed by atoms with E-state index in [-0.39, 0.29) is 6.04 Å². The third kappa shape index (κ3) is 1.63. The molecule has 2 nitrogen and oxygen atoms in total. The second-order valence-corrected chi connectivity index (χ2v) is 2.97. The summed E-state index contributed by atoms with van der Waals surface area (Å²) >= 11 is 0. The van der Waals surface area contributed by atoms with Gasteiger partial charge in [-0.05, 0) is 31.0 Å². The van der Waals surface area contributed by atoms with Crippen molar-refractivity contribution in [3.63, 3.8) is 0 Å². The lowest BCUT2D eigenvalue weighted by molar-refractivity contribution is 0.816. The summed E-state index contributed by atoms with van der Waals surface area (Å²) in [6.07, 6.45) is 0. The Bertz CT molecular complexity index is 321. The molecule has 1 atom stereocenters. The molecule has 2 N–H and O–H groups in total. The van der Waals surface area contributed by atoms with Crippen LogP contribution in [-0.4, -0.2) is 0 Å². The molecule has 0 saturated heterocycles. The van der Waals surface area contributed by atoms with Crippen LogP contribution in [0.15, 0.2) is 18.2 Å². The minimum atomic E-state index is 0.0384. The number of aryl methyl sites for hydroxylation is 1. The van der Waals surface area contributed by atoms with Crippen molar-refractivity contribution in [1.82, 2.24) is 0 Å². The number of benzene rings is 1. The lowest BCUT2D eigenvalue weighted by Crippen LogP contribution is -2.05. The molecule has 62 valence electrons. The average Bonchev–Trinajstić information content (AvgIpc) is 2.04. The molecule has 0 fully saturated rings. The summed E-state index contributed by atoms with van der Waals surface area (Å²) in [6, 6.07) is 7.83. The van der Waals surface area contributed by atoms with Gasteiger partial charge in [0.15, 0.2) is 0 Å². The fourth-order valence-corrected chi connectivity index (χ4v) is 1.10. The van der Waals surface area contributed by atoms with E-state index in [0.29, 0.717) is 0 Å². The van der Waals surface area contributed by atoms with Crippen LogP contribution >= 0.6 is 0 Å². The smallest absolute Gasteiger partial charge is 0.0994 e. The highest BCUT2D eigenvalue weighted by Crippen LogP contribution is 2.14. The first-order chi connectivity index (χ1) is 5.65. The Kier molecular flexibility index (Phi) is 2.47. The van der Waals surface area contributed by atoms with Crippen molar-refractivity contribution in [2.45, 2.75) is 19.9 Å². The van der Waals surface area contributed by atoms with Crippen LogP contribution in [-0.2, 0) is 0 Å². The first-order valence-electron chi connectivity index (χ1n) is 3.91. The van der Waals surface area contributed by atoms with E-state index < -0.39 is 0 Å². The molecule has 0 spiro atoms. The first-order valence-corrected chi connectivity index (χ1v) is 3.91. The highest BCUT2D eigenvalue weighted by molar-refractivity contribution is 5.40. The zero-order valence-corrected chi connectivity index (χ0v) is 7.33. The van der Waals surface area contributed by atoms with Crippen molar-refractivity contribution in [3.8, 4) is 6.07 Å². The summed E-state index contributed by atoms with van der Waals surface area (Å²) in [4.78, 5) is 0. The van der Waals surface area contributed by atoms with Crippen LogP contribution in [0.5, 0.6) is 0 Å². The largest absolute Gasteiger partial charge is 0.324 e. The number of hydrogen-bond donors (Lipinski definition) is 1. The van der Waals surface area contributed by atoms with Crippen molar-refractivity contribution >= 4 is 0 Å². The maximum Gasteiger partial charge on any atom is 0.0994 e. The maximum atomic E-state index is 8.67. The SMILES string of the molecule is Cc1cc([C@H](C)N)ccc1C#N. The van der Waals surface area contributed by atoms with Crippen LogP contribution in [0.1, 0.15) is 29.7 Å². The normalized spacial score (nSPS) is 12.2. The highest BCUT2D eigenvalue weighted by atomic mass is 14.6. The van der Waals surface area contributed by atoms with Gasteiger partial charge in [0.25, 0.3) is 0 Å². The Balaban J connectivity index is 3.12. The van der Waals surface area contributed by atoms with Gasteiger partial charge in [0, 0.05) is 6.04 Å². The molecule has 0 unspecified atom stereocenters. The van der Waals surface area contributed by atoms with E-state index in [0.717, 1.165) is 16.7 Å². The molecule has 1 aromatic rings. The second-order valence-electron chi connectivity index (χ2n) is 2.97. The monoisotopic (exact) mass is 160 g/mol. The standard InChI is InChI=1S/C10H12N2/c1-7-5-9(8(2)12)3-4-10(7)6-11/h3-5,8H,12H2,1-2H3/t8-/m0/s1. The van der Waals surface area contributed by atoms with Crippen molar-refractivity contribution < 1.29 is 0 Å². The maximum absolute atomic E-state index is 8.67. The van der Waals surface area contributed by atoms with Crippen LogP contribution in [0.3, 0.4) is 0 Å². The summed E-state index contributed by atoms with van der Waals surface area (Å²) in [5.74, 6) is 0. The number of nitriles is 1. The van der Waals surface area contributed by atoms with Crippen molar-refractivity contribution in [1.29, 1.82) is 5.26 Å². The van der Waals surface area contributed by atoms with Gasteiger partial charge in [-0.3, -0.25) is 0 Å². The first kappa shape index (κ1) is 8.76. The zero-order valence-electron chi connectivity index (χ0n) is 7.33. The Morgan fingerprint density at radius 2 is 2.17 bits per heavy atom. The molecule has 0 saturated carbocycles. The van der Waals surface area contributed by atoms with Gasteiger partial charge in [0.05, 0.1) is 11.6 Å². The van der Waals surface area contributed by atoms with Crippen molar-refractivity contribution in [2.75, 3.05) is 0 Å². The van der Waals surface area contributed by atoms with Crippen molar-refractivity contribution in [2.24, 2.45) is 5.73 Å². The third-order valence-corrected chi connectivity index (χ3v) is 1.90. The van der Waals surface area contributed by atoms with Crippen molar-refractivity contribution in [3.05, 3.63) is 34.9 Å². The fraction of sp³-hybridized carbons (Fsp3) is 0.300. The highest BCUT2D eigenvalue weighted by Gasteiger charge is 2.01. The predicted octanol–water partition coefficient (Wildman–Crippen LogP) is 1.89. The third-order valence-electron chi connectivity index (χ3n) is 1.90. The van der Waals surface area contributed by atoms with Crippen LogP contribution < -0.4 is 5.73 Å². The number of nitrogens with zero attached hydrogens (tertiary/aromatic N) is 1. The molecule has 1 aromatic carbocycles. The van der Waals surface area contributed by atoms with Gasteiger partial charge < -0.3 is 5.73 Å². The van der Waals surface area contributed by atoms with E-state index in [4.69, 9.17) is 11.0 Å². The minimum absolute atomic E-state index is 0.0384. The zero-order chi connectivity index (χ0) is 9.14. The Morgan fingerprint density at radius 1 is 1.50 bits per heavy atom. The molecular weight excluding hydrogens is 148 g/mol. The van der Waals surface area contributed by atoms with E-state index in [1.165, 1.54) is 0 Å². The molecule has 0 aliphatic rings. The molecule has 0 bridgehead atoms. The minimum Gasteiger partial charge on any atom is -0.324 e. The molecule has 0 amide bonds. The molecule has 0 radical (unpaired) electrons. The molecule has 0 aliphatic heterocycles. The average molecular weight is 160 g/mol. The Morgan fingerprint density at radius 3 is 2.58 bits per heavy atom. The van der Waals surface area contributed by atoms with E-state index in [1.54, 1.807) is 0 Å². The van der Waals surface area contributed by atoms with E-state index in [9.17, 15) is 0 Å². The van der Waals surface area contributed by atoms with Gasteiger partial charge in [-0.2, -0.15) is 5.26 Å². The molecule has 2 heteroatoms. The molecule has 0 aromatic heterocycles. The summed E-state index contributed by atoms with van der Waals surface area (Å²) in [5, 5.41) is 8.67. The Labute approximate surface area is 72.6 Å². The van der Waals surface area contributed by atoms with Crippen LogP contribution in [0.4, 0.5) is 0 Å². The summed E-state index contributed by atoms with van der Waals surface area (Å²) in [7, 11) is 0. The lowest BCUT2D eigenvalue weighted by Gasteiger charge is -2.06. The van der Waals surface area contributed by atoms with Crippen LogP contribution in [0.2, 0.25) is 0 Å².